The van der Waals surface area contributed by atoms with Gasteiger partial charge in [0.05, 0.1) is 23.9 Å². The number of hydrogen-bond donors (Lipinski definition) is 1. The Bertz CT molecular complexity index is 1090. The number of benzene rings is 2. The van der Waals surface area contributed by atoms with E-state index in [1.54, 1.807) is 30.3 Å². The number of rotatable bonds is 7. The summed E-state index contributed by atoms with van der Waals surface area (Å²) in [5.74, 6) is -0.179. The zero-order valence-corrected chi connectivity index (χ0v) is 17.2. The first-order chi connectivity index (χ1) is 14.5. The number of methoxy groups -OCH3 is 1. The highest BCUT2D eigenvalue weighted by atomic mass is 35.5. The summed E-state index contributed by atoms with van der Waals surface area (Å²) in [5.41, 5.74) is 3.78. The van der Waals surface area contributed by atoms with E-state index in [4.69, 9.17) is 32.7 Å². The van der Waals surface area contributed by atoms with E-state index >= 15 is 0 Å². The summed E-state index contributed by atoms with van der Waals surface area (Å²) >= 11 is 12.2. The molecule has 1 heterocycles. The predicted octanol–water partition coefficient (Wildman–Crippen LogP) is 4.88. The van der Waals surface area contributed by atoms with E-state index in [9.17, 15) is 9.18 Å². The van der Waals surface area contributed by atoms with Crippen LogP contribution in [-0.4, -0.2) is 24.2 Å². The van der Waals surface area contributed by atoms with Crippen LogP contribution < -0.4 is 14.9 Å². The van der Waals surface area contributed by atoms with Crippen LogP contribution in [0.1, 0.15) is 21.5 Å². The molecule has 2 aromatic carbocycles. The van der Waals surface area contributed by atoms with Crippen LogP contribution in [0.5, 0.6) is 11.5 Å². The van der Waals surface area contributed by atoms with Gasteiger partial charge in [-0.1, -0.05) is 35.3 Å². The van der Waals surface area contributed by atoms with Crippen molar-refractivity contribution in [2.45, 2.75) is 6.61 Å². The Morgan fingerprint density at radius 2 is 2.07 bits per heavy atom. The van der Waals surface area contributed by atoms with Crippen molar-refractivity contribution >= 4 is 35.3 Å². The van der Waals surface area contributed by atoms with Gasteiger partial charge in [-0.05, 0) is 47.5 Å². The van der Waals surface area contributed by atoms with E-state index in [1.165, 1.54) is 37.7 Å². The minimum atomic E-state index is -0.502. The summed E-state index contributed by atoms with van der Waals surface area (Å²) in [4.78, 5) is 15.9. The number of carbonyl (C=O) groups is 1. The number of pyridine rings is 1. The second-order valence-electron chi connectivity index (χ2n) is 5.99. The molecule has 0 atom stereocenters. The third-order valence-electron chi connectivity index (χ3n) is 3.91. The Balaban J connectivity index is 1.71. The molecular formula is C21H16Cl2FN3O3. The van der Waals surface area contributed by atoms with E-state index < -0.39 is 5.91 Å². The van der Waals surface area contributed by atoms with E-state index in [-0.39, 0.29) is 28.2 Å². The average Bonchev–Trinajstić information content (AvgIpc) is 2.73. The van der Waals surface area contributed by atoms with Crippen molar-refractivity contribution < 1.29 is 18.7 Å². The average molecular weight is 448 g/mol. The minimum absolute atomic E-state index is 0.0784. The van der Waals surface area contributed by atoms with Gasteiger partial charge in [-0.15, -0.1) is 0 Å². The van der Waals surface area contributed by atoms with Crippen LogP contribution >= 0.6 is 23.2 Å². The van der Waals surface area contributed by atoms with Crippen molar-refractivity contribution in [2.75, 3.05) is 7.11 Å². The van der Waals surface area contributed by atoms with Gasteiger partial charge in [0.15, 0.2) is 11.5 Å². The molecule has 0 saturated heterocycles. The van der Waals surface area contributed by atoms with Gasteiger partial charge in [-0.25, -0.2) is 14.8 Å². The summed E-state index contributed by atoms with van der Waals surface area (Å²) in [6, 6.07) is 12.4. The summed E-state index contributed by atoms with van der Waals surface area (Å²) in [7, 11) is 1.47. The van der Waals surface area contributed by atoms with Crippen LogP contribution in [0.3, 0.4) is 0 Å². The Labute approximate surface area is 182 Å². The molecule has 3 aromatic rings. The van der Waals surface area contributed by atoms with Crippen LogP contribution in [0, 0.1) is 5.82 Å². The normalized spacial score (nSPS) is 10.8. The van der Waals surface area contributed by atoms with Gasteiger partial charge < -0.3 is 9.47 Å². The molecule has 0 saturated carbocycles. The number of ether oxygens (including phenoxy) is 2. The highest BCUT2D eigenvalue weighted by Gasteiger charge is 2.13. The molecule has 1 aromatic heterocycles. The fraction of sp³-hybridized carbons (Fsp3) is 0.0952. The zero-order chi connectivity index (χ0) is 21.5. The summed E-state index contributed by atoms with van der Waals surface area (Å²) in [6.07, 6.45) is 2.88. The number of carbonyl (C=O) groups excluding carboxylic acids is 1. The van der Waals surface area contributed by atoms with Crippen LogP contribution in [0.4, 0.5) is 4.39 Å². The molecule has 9 heteroatoms. The van der Waals surface area contributed by atoms with E-state index in [0.717, 1.165) is 0 Å². The molecule has 0 unspecified atom stereocenters. The Morgan fingerprint density at radius 3 is 2.80 bits per heavy atom. The number of halogens is 3. The minimum Gasteiger partial charge on any atom is -0.493 e. The van der Waals surface area contributed by atoms with Gasteiger partial charge in [0.2, 0.25) is 0 Å². The quantitative estimate of drug-likeness (QED) is 0.318. The van der Waals surface area contributed by atoms with Gasteiger partial charge in [0.25, 0.3) is 5.91 Å². The molecule has 0 spiro atoms. The van der Waals surface area contributed by atoms with Gasteiger partial charge in [-0.3, -0.25) is 4.79 Å². The highest BCUT2D eigenvalue weighted by Crippen LogP contribution is 2.36. The maximum absolute atomic E-state index is 13.3. The molecular weight excluding hydrogens is 432 g/mol. The molecule has 0 aliphatic heterocycles. The second kappa shape index (κ2) is 10.0. The van der Waals surface area contributed by atoms with Crippen molar-refractivity contribution in [1.29, 1.82) is 0 Å². The lowest BCUT2D eigenvalue weighted by atomic mass is 10.2. The molecule has 0 aliphatic rings. The largest absolute Gasteiger partial charge is 0.493 e. The fourth-order valence-electron chi connectivity index (χ4n) is 2.52. The van der Waals surface area contributed by atoms with E-state index in [0.29, 0.717) is 22.6 Å². The lowest BCUT2D eigenvalue weighted by molar-refractivity contribution is 0.0955. The maximum Gasteiger partial charge on any atom is 0.274 e. The topological polar surface area (TPSA) is 72.8 Å². The smallest absolute Gasteiger partial charge is 0.274 e. The third-order valence-corrected chi connectivity index (χ3v) is 4.49. The van der Waals surface area contributed by atoms with Crippen LogP contribution in [0.2, 0.25) is 10.2 Å². The highest BCUT2D eigenvalue weighted by molar-refractivity contribution is 6.33. The van der Waals surface area contributed by atoms with Gasteiger partial charge in [0, 0.05) is 6.20 Å². The monoisotopic (exact) mass is 447 g/mol. The lowest BCUT2D eigenvalue weighted by Gasteiger charge is -2.13. The molecule has 0 bridgehead atoms. The van der Waals surface area contributed by atoms with Gasteiger partial charge >= 0.3 is 0 Å². The van der Waals surface area contributed by atoms with Crippen molar-refractivity contribution in [3.8, 4) is 11.5 Å². The molecule has 0 radical (unpaired) electrons. The second-order valence-corrected chi connectivity index (χ2v) is 6.76. The molecule has 3 rings (SSSR count). The third kappa shape index (κ3) is 5.46. The van der Waals surface area contributed by atoms with E-state index in [1.807, 2.05) is 0 Å². The van der Waals surface area contributed by atoms with Crippen molar-refractivity contribution in [3.63, 3.8) is 0 Å². The van der Waals surface area contributed by atoms with Crippen molar-refractivity contribution in [2.24, 2.45) is 5.10 Å². The molecule has 6 nitrogen and oxygen atoms in total. The van der Waals surface area contributed by atoms with Crippen molar-refractivity contribution in [3.05, 3.63) is 87.4 Å². The summed E-state index contributed by atoms with van der Waals surface area (Å²) in [6.45, 7) is 0.114. The fourth-order valence-corrected chi connectivity index (χ4v) is 3.00. The predicted molar refractivity (Wildman–Crippen MR) is 113 cm³/mol. The number of amides is 1. The SMILES string of the molecule is COc1cc(C=NNC(=O)c2cccnc2Cl)cc(Cl)c1OCc1cccc(F)c1. The molecule has 30 heavy (non-hydrogen) atoms. The molecule has 154 valence electrons. The first kappa shape index (κ1) is 21.5. The first-order valence-corrected chi connectivity index (χ1v) is 9.42. The van der Waals surface area contributed by atoms with E-state index in [2.05, 4.69) is 15.5 Å². The molecule has 1 N–H and O–H groups in total. The number of nitrogens with one attached hydrogen (secondary N) is 1. The Kier molecular flexibility index (Phi) is 7.21. The van der Waals surface area contributed by atoms with Crippen molar-refractivity contribution in [1.82, 2.24) is 10.4 Å². The Morgan fingerprint density at radius 1 is 1.23 bits per heavy atom. The zero-order valence-electron chi connectivity index (χ0n) is 15.7. The van der Waals surface area contributed by atoms with Gasteiger partial charge in [0.1, 0.15) is 17.6 Å². The standard InChI is InChI=1S/C21H16Cl2FN3O3/c1-29-18-10-14(11-26-27-21(28)16-6-3-7-25-20(16)23)9-17(22)19(18)30-12-13-4-2-5-15(24)8-13/h2-11H,12H2,1H3,(H,27,28). The number of hydrazone groups is 1. The Hall–Kier alpha value is -3.16. The lowest BCUT2D eigenvalue weighted by Crippen LogP contribution is -2.18. The first-order valence-electron chi connectivity index (χ1n) is 8.66. The van der Waals surface area contributed by atoms with Crippen LogP contribution in [0.25, 0.3) is 0 Å². The van der Waals surface area contributed by atoms with Crippen LogP contribution in [-0.2, 0) is 6.61 Å². The summed E-state index contributed by atoms with van der Waals surface area (Å²) < 4.78 is 24.4. The summed E-state index contributed by atoms with van der Waals surface area (Å²) in [5, 5.41) is 4.25. The number of hydrogen-bond acceptors (Lipinski definition) is 5. The van der Waals surface area contributed by atoms with Crippen LogP contribution in [0.15, 0.2) is 59.8 Å². The maximum atomic E-state index is 13.3. The molecule has 1 amide bonds. The number of aromatic nitrogens is 1. The van der Waals surface area contributed by atoms with Gasteiger partial charge in [-0.2, -0.15) is 5.10 Å². The molecule has 0 fully saturated rings. The number of nitrogens with zero attached hydrogens (tertiary/aromatic N) is 2. The molecule has 0 aliphatic carbocycles.